The SMILES string of the molecule is CC(C)CC(CN=C(N)NC1CC1)N1CCOCC1.I. The van der Waals surface area contributed by atoms with Gasteiger partial charge in [0.2, 0.25) is 0 Å². The van der Waals surface area contributed by atoms with Crippen LogP contribution in [0.3, 0.4) is 0 Å². The Morgan fingerprint density at radius 1 is 1.35 bits per heavy atom. The molecule has 1 saturated carbocycles. The van der Waals surface area contributed by atoms with Crippen molar-refractivity contribution >= 4 is 29.9 Å². The maximum Gasteiger partial charge on any atom is 0.188 e. The molecular formula is C14H29IN4O. The van der Waals surface area contributed by atoms with Crippen molar-refractivity contribution in [2.45, 2.75) is 45.2 Å². The predicted octanol–water partition coefficient (Wildman–Crippen LogP) is 1.42. The first kappa shape index (κ1) is 18.0. The molecule has 0 bridgehead atoms. The van der Waals surface area contributed by atoms with E-state index >= 15 is 0 Å². The molecule has 1 aliphatic carbocycles. The van der Waals surface area contributed by atoms with E-state index in [1.54, 1.807) is 0 Å². The number of rotatable bonds is 6. The van der Waals surface area contributed by atoms with Crippen molar-refractivity contribution in [1.29, 1.82) is 0 Å². The lowest BCUT2D eigenvalue weighted by Crippen LogP contribution is -2.46. The second kappa shape index (κ2) is 9.04. The summed E-state index contributed by atoms with van der Waals surface area (Å²) in [6.07, 6.45) is 3.63. The number of nitrogens with one attached hydrogen (secondary N) is 1. The maximum atomic E-state index is 5.92. The van der Waals surface area contributed by atoms with Crippen LogP contribution in [0.4, 0.5) is 0 Å². The van der Waals surface area contributed by atoms with Gasteiger partial charge < -0.3 is 15.8 Å². The van der Waals surface area contributed by atoms with E-state index in [-0.39, 0.29) is 24.0 Å². The zero-order valence-corrected chi connectivity index (χ0v) is 15.0. The molecule has 0 aromatic heterocycles. The van der Waals surface area contributed by atoms with E-state index in [2.05, 4.69) is 29.1 Å². The van der Waals surface area contributed by atoms with Gasteiger partial charge in [0, 0.05) is 25.2 Å². The van der Waals surface area contributed by atoms with Crippen molar-refractivity contribution in [3.63, 3.8) is 0 Å². The minimum atomic E-state index is 0. The van der Waals surface area contributed by atoms with Crippen LogP contribution in [0.25, 0.3) is 0 Å². The van der Waals surface area contributed by atoms with Crippen LogP contribution < -0.4 is 11.1 Å². The molecule has 2 rings (SSSR count). The Balaban J connectivity index is 0.00000200. The fourth-order valence-corrected chi connectivity index (χ4v) is 2.51. The van der Waals surface area contributed by atoms with Crippen LogP contribution in [-0.4, -0.2) is 55.8 Å². The van der Waals surface area contributed by atoms with E-state index in [1.165, 1.54) is 19.3 Å². The number of nitrogens with two attached hydrogens (primary N) is 1. The molecule has 0 radical (unpaired) electrons. The largest absolute Gasteiger partial charge is 0.379 e. The molecule has 3 N–H and O–H groups in total. The van der Waals surface area contributed by atoms with Gasteiger partial charge in [0.05, 0.1) is 19.8 Å². The summed E-state index contributed by atoms with van der Waals surface area (Å²) >= 11 is 0. The molecule has 2 fully saturated rings. The molecule has 1 aliphatic heterocycles. The summed E-state index contributed by atoms with van der Waals surface area (Å²) in [7, 11) is 0. The monoisotopic (exact) mass is 396 g/mol. The average molecular weight is 396 g/mol. The quantitative estimate of drug-likeness (QED) is 0.405. The standard InChI is InChI=1S/C14H28N4O.HI/c1-11(2)9-13(18-5-7-19-8-6-18)10-16-14(15)17-12-3-4-12;/h11-13H,3-10H2,1-2H3,(H3,15,16,17);1H. The molecule has 0 amide bonds. The summed E-state index contributed by atoms with van der Waals surface area (Å²) < 4.78 is 5.43. The van der Waals surface area contributed by atoms with Gasteiger partial charge in [0.1, 0.15) is 0 Å². The average Bonchev–Trinajstić information content (AvgIpc) is 3.19. The Morgan fingerprint density at radius 3 is 2.55 bits per heavy atom. The summed E-state index contributed by atoms with van der Waals surface area (Å²) in [5.41, 5.74) is 5.92. The van der Waals surface area contributed by atoms with Crippen molar-refractivity contribution in [3.8, 4) is 0 Å². The van der Waals surface area contributed by atoms with Crippen molar-refractivity contribution < 1.29 is 4.74 Å². The van der Waals surface area contributed by atoms with E-state index < -0.39 is 0 Å². The second-order valence-corrected chi connectivity index (χ2v) is 6.08. The topological polar surface area (TPSA) is 62.9 Å². The molecule has 5 nitrogen and oxygen atoms in total. The third kappa shape index (κ3) is 6.58. The molecular weight excluding hydrogens is 367 g/mol. The van der Waals surface area contributed by atoms with Crippen molar-refractivity contribution in [2.75, 3.05) is 32.8 Å². The number of nitrogens with zero attached hydrogens (tertiary/aromatic N) is 2. The maximum absolute atomic E-state index is 5.92. The summed E-state index contributed by atoms with van der Waals surface area (Å²) in [6.45, 7) is 9.05. The van der Waals surface area contributed by atoms with Crippen LogP contribution >= 0.6 is 24.0 Å². The molecule has 1 atom stereocenters. The minimum absolute atomic E-state index is 0. The lowest BCUT2D eigenvalue weighted by atomic mass is 10.0. The number of halogens is 1. The molecule has 20 heavy (non-hydrogen) atoms. The van der Waals surface area contributed by atoms with Gasteiger partial charge in [0.25, 0.3) is 0 Å². The van der Waals surface area contributed by atoms with Crippen LogP contribution in [0.15, 0.2) is 4.99 Å². The molecule has 1 heterocycles. The van der Waals surface area contributed by atoms with Gasteiger partial charge in [-0.3, -0.25) is 9.89 Å². The molecule has 118 valence electrons. The third-order valence-electron chi connectivity index (χ3n) is 3.71. The van der Waals surface area contributed by atoms with E-state index in [4.69, 9.17) is 10.5 Å². The van der Waals surface area contributed by atoms with Crippen LogP contribution in [0.2, 0.25) is 0 Å². The highest BCUT2D eigenvalue weighted by Gasteiger charge is 2.23. The fourth-order valence-electron chi connectivity index (χ4n) is 2.51. The van der Waals surface area contributed by atoms with Crippen molar-refractivity contribution in [3.05, 3.63) is 0 Å². The lowest BCUT2D eigenvalue weighted by molar-refractivity contribution is 0.0143. The van der Waals surface area contributed by atoms with Gasteiger partial charge in [-0.05, 0) is 25.2 Å². The van der Waals surface area contributed by atoms with Gasteiger partial charge in [0.15, 0.2) is 5.96 Å². The van der Waals surface area contributed by atoms with E-state index in [0.29, 0.717) is 24.0 Å². The molecule has 1 unspecified atom stereocenters. The Labute approximate surface area is 139 Å². The van der Waals surface area contributed by atoms with E-state index in [0.717, 1.165) is 32.8 Å². The van der Waals surface area contributed by atoms with Gasteiger partial charge >= 0.3 is 0 Å². The smallest absolute Gasteiger partial charge is 0.188 e. The number of morpholine rings is 1. The van der Waals surface area contributed by atoms with Crippen LogP contribution in [-0.2, 0) is 4.74 Å². The molecule has 0 aromatic rings. The zero-order chi connectivity index (χ0) is 13.7. The second-order valence-electron chi connectivity index (χ2n) is 6.08. The molecule has 0 aromatic carbocycles. The first-order valence-corrected chi connectivity index (χ1v) is 7.53. The molecule has 0 spiro atoms. The fraction of sp³-hybridized carbons (Fsp3) is 0.929. The summed E-state index contributed by atoms with van der Waals surface area (Å²) in [4.78, 5) is 7.03. The molecule has 2 aliphatic rings. The van der Waals surface area contributed by atoms with Crippen molar-refractivity contribution in [1.82, 2.24) is 10.2 Å². The normalized spacial score (nSPS) is 22.4. The number of aliphatic imine (C=N–C) groups is 1. The first-order valence-electron chi connectivity index (χ1n) is 7.53. The lowest BCUT2D eigenvalue weighted by Gasteiger charge is -2.34. The Bertz CT molecular complexity index is 302. The van der Waals surface area contributed by atoms with Crippen LogP contribution in [0, 0.1) is 5.92 Å². The zero-order valence-electron chi connectivity index (χ0n) is 12.7. The van der Waals surface area contributed by atoms with E-state index in [9.17, 15) is 0 Å². The third-order valence-corrected chi connectivity index (χ3v) is 3.71. The number of hydrogen-bond donors (Lipinski definition) is 2. The summed E-state index contributed by atoms with van der Waals surface area (Å²) in [6, 6.07) is 1.07. The Morgan fingerprint density at radius 2 is 2.00 bits per heavy atom. The van der Waals surface area contributed by atoms with Gasteiger partial charge in [-0.1, -0.05) is 13.8 Å². The van der Waals surface area contributed by atoms with Crippen LogP contribution in [0.5, 0.6) is 0 Å². The minimum Gasteiger partial charge on any atom is -0.379 e. The van der Waals surface area contributed by atoms with Crippen molar-refractivity contribution in [2.24, 2.45) is 16.6 Å². The predicted molar refractivity (Wildman–Crippen MR) is 93.7 cm³/mol. The number of guanidine groups is 1. The molecule has 1 saturated heterocycles. The Hall–Kier alpha value is -0.0800. The summed E-state index contributed by atoms with van der Waals surface area (Å²) in [5.74, 6) is 1.30. The summed E-state index contributed by atoms with van der Waals surface area (Å²) in [5, 5.41) is 3.25. The van der Waals surface area contributed by atoms with Gasteiger partial charge in [-0.2, -0.15) is 0 Å². The van der Waals surface area contributed by atoms with Gasteiger partial charge in [-0.15, -0.1) is 24.0 Å². The van der Waals surface area contributed by atoms with Crippen LogP contribution in [0.1, 0.15) is 33.1 Å². The Kier molecular flexibility index (Phi) is 8.13. The molecule has 6 heteroatoms. The highest BCUT2D eigenvalue weighted by Crippen LogP contribution is 2.18. The number of ether oxygens (including phenoxy) is 1. The number of hydrogen-bond acceptors (Lipinski definition) is 3. The highest BCUT2D eigenvalue weighted by atomic mass is 127. The van der Waals surface area contributed by atoms with Gasteiger partial charge in [-0.25, -0.2) is 0 Å². The highest BCUT2D eigenvalue weighted by molar-refractivity contribution is 14.0. The first-order chi connectivity index (χ1) is 9.15. The van der Waals surface area contributed by atoms with E-state index in [1.807, 2.05) is 0 Å².